The lowest BCUT2D eigenvalue weighted by Crippen LogP contribution is -2.48. The molecule has 1 aromatic rings. The number of aliphatic hydroxyl groups is 2. The van der Waals surface area contributed by atoms with Gasteiger partial charge in [0.1, 0.15) is 5.82 Å². The van der Waals surface area contributed by atoms with Crippen LogP contribution in [0.5, 0.6) is 0 Å². The Balaban J connectivity index is 2.96. The molecule has 1 aromatic carbocycles. The molecule has 0 saturated heterocycles. The molecule has 0 aliphatic heterocycles. The normalized spacial score (nSPS) is 12.8. The van der Waals surface area contributed by atoms with E-state index in [4.69, 9.17) is 10.2 Å². The lowest BCUT2D eigenvalue weighted by molar-refractivity contribution is -0.138. The summed E-state index contributed by atoms with van der Waals surface area (Å²) < 4.78 is 51.0. The number of alkyl halides is 3. The highest BCUT2D eigenvalue weighted by Gasteiger charge is 2.34. The first-order valence-electron chi connectivity index (χ1n) is 5.54. The van der Waals surface area contributed by atoms with Gasteiger partial charge in [-0.25, -0.2) is 4.39 Å². The van der Waals surface area contributed by atoms with Crippen LogP contribution in [0.2, 0.25) is 0 Å². The van der Waals surface area contributed by atoms with Crippen LogP contribution in [0.15, 0.2) is 18.2 Å². The van der Waals surface area contributed by atoms with E-state index in [0.717, 1.165) is 12.1 Å². The van der Waals surface area contributed by atoms with Crippen molar-refractivity contribution in [1.29, 1.82) is 0 Å². The first-order valence-corrected chi connectivity index (χ1v) is 5.54. The maximum atomic E-state index is 12.9. The molecule has 1 rings (SSSR count). The molecule has 0 unspecified atom stereocenters. The lowest BCUT2D eigenvalue weighted by Gasteiger charge is -2.27. The SMILES string of the molecule is CC(CO)(CO)NCc1ccc(F)cc1C(F)(F)F. The van der Waals surface area contributed by atoms with Gasteiger partial charge < -0.3 is 15.5 Å². The fourth-order valence-corrected chi connectivity index (χ4v) is 1.44. The molecule has 0 aromatic heterocycles. The van der Waals surface area contributed by atoms with E-state index in [1.807, 2.05) is 0 Å². The van der Waals surface area contributed by atoms with Gasteiger partial charge in [-0.1, -0.05) is 6.07 Å². The summed E-state index contributed by atoms with van der Waals surface area (Å²) in [4.78, 5) is 0. The number of halogens is 4. The van der Waals surface area contributed by atoms with Crippen molar-refractivity contribution in [2.45, 2.75) is 25.2 Å². The van der Waals surface area contributed by atoms with Crippen LogP contribution in [0.4, 0.5) is 17.6 Å². The standard InChI is InChI=1S/C12H15F4NO2/c1-11(6-18,7-19)17-5-8-2-3-9(13)4-10(8)12(14,15)16/h2-4,17-19H,5-7H2,1H3. The Morgan fingerprint density at radius 1 is 1.16 bits per heavy atom. The van der Waals surface area contributed by atoms with E-state index in [0.29, 0.717) is 6.07 Å². The van der Waals surface area contributed by atoms with Gasteiger partial charge in [-0.05, 0) is 24.6 Å². The van der Waals surface area contributed by atoms with E-state index in [2.05, 4.69) is 5.32 Å². The van der Waals surface area contributed by atoms with Crippen LogP contribution >= 0.6 is 0 Å². The van der Waals surface area contributed by atoms with Gasteiger partial charge in [0.05, 0.1) is 24.3 Å². The smallest absolute Gasteiger partial charge is 0.394 e. The van der Waals surface area contributed by atoms with E-state index < -0.39 is 36.3 Å². The minimum atomic E-state index is -4.66. The summed E-state index contributed by atoms with van der Waals surface area (Å²) in [6.45, 7) is 0.342. The molecule has 108 valence electrons. The van der Waals surface area contributed by atoms with Crippen LogP contribution in [-0.2, 0) is 12.7 Å². The van der Waals surface area contributed by atoms with Crippen molar-refractivity contribution in [3.05, 3.63) is 35.1 Å². The van der Waals surface area contributed by atoms with Crippen molar-refractivity contribution in [1.82, 2.24) is 5.32 Å². The molecule has 0 saturated carbocycles. The summed E-state index contributed by atoms with van der Waals surface area (Å²) in [6.07, 6.45) is -4.66. The van der Waals surface area contributed by atoms with Gasteiger partial charge in [0.25, 0.3) is 0 Å². The second kappa shape index (κ2) is 5.85. The predicted octanol–water partition coefficient (Wildman–Crippen LogP) is 1.68. The van der Waals surface area contributed by atoms with Crippen LogP contribution in [-0.4, -0.2) is 29.0 Å². The number of nitrogens with one attached hydrogen (secondary N) is 1. The van der Waals surface area contributed by atoms with Gasteiger partial charge in [-0.2, -0.15) is 13.2 Å². The van der Waals surface area contributed by atoms with Crippen molar-refractivity contribution in [2.75, 3.05) is 13.2 Å². The fraction of sp³-hybridized carbons (Fsp3) is 0.500. The molecule has 0 radical (unpaired) electrons. The molecule has 0 spiro atoms. The number of rotatable bonds is 5. The summed E-state index contributed by atoms with van der Waals surface area (Å²) >= 11 is 0. The summed E-state index contributed by atoms with van der Waals surface area (Å²) in [5, 5.41) is 20.7. The minimum Gasteiger partial charge on any atom is -0.394 e. The largest absolute Gasteiger partial charge is 0.416 e. The Labute approximate surface area is 107 Å². The Morgan fingerprint density at radius 2 is 1.74 bits per heavy atom. The van der Waals surface area contributed by atoms with E-state index >= 15 is 0 Å². The molecule has 3 nitrogen and oxygen atoms in total. The van der Waals surface area contributed by atoms with Crippen molar-refractivity contribution in [3.8, 4) is 0 Å². The lowest BCUT2D eigenvalue weighted by atomic mass is 10.0. The predicted molar refractivity (Wildman–Crippen MR) is 60.8 cm³/mol. The Morgan fingerprint density at radius 3 is 2.21 bits per heavy atom. The van der Waals surface area contributed by atoms with Crippen molar-refractivity contribution in [3.63, 3.8) is 0 Å². The molecule has 0 bridgehead atoms. The molecule has 3 N–H and O–H groups in total. The van der Waals surface area contributed by atoms with Gasteiger partial charge in [0.15, 0.2) is 0 Å². The van der Waals surface area contributed by atoms with E-state index in [1.165, 1.54) is 6.92 Å². The molecule has 0 amide bonds. The first-order chi connectivity index (χ1) is 8.72. The molecule has 0 heterocycles. The van der Waals surface area contributed by atoms with Crippen LogP contribution in [0.3, 0.4) is 0 Å². The average molecular weight is 281 g/mol. The molecule has 0 aliphatic rings. The third kappa shape index (κ3) is 4.15. The molecule has 19 heavy (non-hydrogen) atoms. The second-order valence-corrected chi connectivity index (χ2v) is 4.53. The van der Waals surface area contributed by atoms with Crippen molar-refractivity contribution >= 4 is 0 Å². The van der Waals surface area contributed by atoms with E-state index in [1.54, 1.807) is 0 Å². The summed E-state index contributed by atoms with van der Waals surface area (Å²) in [5.74, 6) is -0.969. The van der Waals surface area contributed by atoms with E-state index in [-0.39, 0.29) is 12.1 Å². The van der Waals surface area contributed by atoms with Crippen LogP contribution in [0.1, 0.15) is 18.1 Å². The quantitative estimate of drug-likeness (QED) is 0.720. The van der Waals surface area contributed by atoms with Crippen molar-refractivity contribution < 1.29 is 27.8 Å². The number of hydrogen-bond donors (Lipinski definition) is 3. The highest BCUT2D eigenvalue weighted by Crippen LogP contribution is 2.32. The van der Waals surface area contributed by atoms with Gasteiger partial charge in [0.2, 0.25) is 0 Å². The number of aliphatic hydroxyl groups excluding tert-OH is 2. The molecule has 0 atom stereocenters. The monoisotopic (exact) mass is 281 g/mol. The molecule has 0 fully saturated rings. The van der Waals surface area contributed by atoms with Gasteiger partial charge >= 0.3 is 6.18 Å². The molecule has 0 aliphatic carbocycles. The second-order valence-electron chi connectivity index (χ2n) is 4.53. The maximum absolute atomic E-state index is 12.9. The summed E-state index contributed by atoms with van der Waals surface area (Å²) in [7, 11) is 0. The number of benzene rings is 1. The summed E-state index contributed by atoms with van der Waals surface area (Å²) in [5.41, 5.74) is -2.32. The first kappa shape index (κ1) is 15.9. The van der Waals surface area contributed by atoms with Gasteiger partial charge in [-0.15, -0.1) is 0 Å². The molecule has 7 heteroatoms. The van der Waals surface area contributed by atoms with Crippen molar-refractivity contribution in [2.24, 2.45) is 0 Å². The minimum absolute atomic E-state index is 0.151. The van der Waals surface area contributed by atoms with Crippen LogP contribution in [0, 0.1) is 5.82 Å². The summed E-state index contributed by atoms with van der Waals surface area (Å²) in [6, 6.07) is 2.38. The third-order valence-corrected chi connectivity index (χ3v) is 2.78. The topological polar surface area (TPSA) is 52.5 Å². The Kier molecular flexibility index (Phi) is 4.89. The van der Waals surface area contributed by atoms with Crippen LogP contribution in [0.25, 0.3) is 0 Å². The Bertz CT molecular complexity index is 430. The van der Waals surface area contributed by atoms with Gasteiger partial charge in [-0.3, -0.25) is 0 Å². The van der Waals surface area contributed by atoms with Crippen LogP contribution < -0.4 is 5.32 Å². The van der Waals surface area contributed by atoms with E-state index in [9.17, 15) is 17.6 Å². The van der Waals surface area contributed by atoms with Gasteiger partial charge in [0, 0.05) is 6.54 Å². The highest BCUT2D eigenvalue weighted by molar-refractivity contribution is 5.30. The number of hydrogen-bond acceptors (Lipinski definition) is 3. The zero-order chi connectivity index (χ0) is 14.7. The highest BCUT2D eigenvalue weighted by atomic mass is 19.4. The fourth-order valence-electron chi connectivity index (χ4n) is 1.44. The molecular formula is C12H15F4NO2. The Hall–Kier alpha value is -1.18. The zero-order valence-corrected chi connectivity index (χ0v) is 10.3. The molecular weight excluding hydrogens is 266 g/mol. The maximum Gasteiger partial charge on any atom is 0.416 e. The third-order valence-electron chi connectivity index (χ3n) is 2.78. The average Bonchev–Trinajstić information content (AvgIpc) is 2.36. The zero-order valence-electron chi connectivity index (χ0n) is 10.3.